The van der Waals surface area contributed by atoms with Crippen molar-refractivity contribution in [1.82, 2.24) is 0 Å². The summed E-state index contributed by atoms with van der Waals surface area (Å²) in [7, 11) is 1.95. The second-order valence-electron chi connectivity index (χ2n) is 5.09. The van der Waals surface area contributed by atoms with Crippen LogP contribution >= 0.6 is 11.3 Å². The van der Waals surface area contributed by atoms with E-state index in [0.29, 0.717) is 6.54 Å². The Labute approximate surface area is 142 Å². The second kappa shape index (κ2) is 6.71. The van der Waals surface area contributed by atoms with Crippen LogP contribution in [0.1, 0.15) is 6.92 Å². The van der Waals surface area contributed by atoms with Gasteiger partial charge in [-0.1, -0.05) is 12.1 Å². The summed E-state index contributed by atoms with van der Waals surface area (Å²) in [5, 5.41) is 21.9. The number of benzene rings is 2. The summed E-state index contributed by atoms with van der Waals surface area (Å²) in [5.74, 6) is 0. The molecule has 3 aromatic rings. The minimum atomic E-state index is -0.418. The molecule has 3 rings (SSSR count). The number of hydrogen-bond donors (Lipinski definition) is 0. The number of nitro benzene ring substituents is 1. The van der Waals surface area contributed by atoms with E-state index in [4.69, 9.17) is 0 Å². The van der Waals surface area contributed by atoms with Crippen molar-refractivity contribution in [3.63, 3.8) is 0 Å². The molecule has 1 aromatic heterocycles. The SMILES string of the molecule is CCN(/N=N/c1sc2ccccc2[n+]1C)c1ccc([N+](=O)[O-])cc1. The van der Waals surface area contributed by atoms with Crippen molar-refractivity contribution >= 4 is 38.1 Å². The predicted octanol–water partition coefficient (Wildman–Crippen LogP) is 4.16. The summed E-state index contributed by atoms with van der Waals surface area (Å²) in [5.41, 5.74) is 1.92. The van der Waals surface area contributed by atoms with E-state index in [-0.39, 0.29) is 5.69 Å². The van der Waals surface area contributed by atoms with Crippen LogP contribution < -0.4 is 9.58 Å². The summed E-state index contributed by atoms with van der Waals surface area (Å²) in [4.78, 5) is 10.3. The summed E-state index contributed by atoms with van der Waals surface area (Å²) < 4.78 is 3.14. The molecule has 0 fully saturated rings. The van der Waals surface area contributed by atoms with Gasteiger partial charge in [-0.3, -0.25) is 10.1 Å². The molecule has 2 aromatic carbocycles. The number of aryl methyl sites for hydroxylation is 1. The smallest absolute Gasteiger partial charge is 0.258 e. The molecule has 0 aliphatic heterocycles. The quantitative estimate of drug-likeness (QED) is 0.302. The zero-order valence-electron chi connectivity index (χ0n) is 13.3. The van der Waals surface area contributed by atoms with Gasteiger partial charge in [0.2, 0.25) is 0 Å². The number of non-ortho nitro benzene ring substituents is 1. The Morgan fingerprint density at radius 1 is 1.21 bits per heavy atom. The molecule has 7 nitrogen and oxygen atoms in total. The van der Waals surface area contributed by atoms with Crippen LogP contribution in [0.4, 0.5) is 16.5 Å². The van der Waals surface area contributed by atoms with E-state index in [2.05, 4.69) is 10.3 Å². The van der Waals surface area contributed by atoms with Crippen molar-refractivity contribution in [1.29, 1.82) is 0 Å². The minimum absolute atomic E-state index is 0.0580. The third kappa shape index (κ3) is 3.09. The fraction of sp³-hybridized carbons (Fsp3) is 0.188. The fourth-order valence-corrected chi connectivity index (χ4v) is 3.28. The lowest BCUT2D eigenvalue weighted by Crippen LogP contribution is -2.25. The first-order valence-corrected chi connectivity index (χ1v) is 8.23. The Balaban J connectivity index is 1.87. The summed E-state index contributed by atoms with van der Waals surface area (Å²) >= 11 is 1.56. The topological polar surface area (TPSA) is 75.0 Å². The molecule has 0 unspecified atom stereocenters. The van der Waals surface area contributed by atoms with Gasteiger partial charge in [0.1, 0.15) is 10.6 Å². The molecule has 0 aliphatic carbocycles. The second-order valence-corrected chi connectivity index (χ2v) is 6.10. The number of fused-ring (bicyclic) bond motifs is 1. The number of thiazole rings is 1. The van der Waals surface area contributed by atoms with E-state index in [1.807, 2.05) is 42.8 Å². The molecule has 0 saturated heterocycles. The number of hydrogen-bond acceptors (Lipinski definition) is 5. The molecular weight excluding hydrogens is 326 g/mol. The average Bonchev–Trinajstić information content (AvgIpc) is 2.92. The molecule has 122 valence electrons. The van der Waals surface area contributed by atoms with Crippen molar-refractivity contribution in [2.45, 2.75) is 6.92 Å². The fourth-order valence-electron chi connectivity index (χ4n) is 2.31. The summed E-state index contributed by atoms with van der Waals surface area (Å²) in [6.45, 7) is 2.56. The van der Waals surface area contributed by atoms with Crippen molar-refractivity contribution in [3.05, 3.63) is 58.6 Å². The van der Waals surface area contributed by atoms with Gasteiger partial charge in [0, 0.05) is 18.7 Å². The maximum absolute atomic E-state index is 10.7. The maximum Gasteiger partial charge on any atom is 0.411 e. The van der Waals surface area contributed by atoms with E-state index >= 15 is 0 Å². The zero-order valence-corrected chi connectivity index (χ0v) is 14.1. The first kappa shape index (κ1) is 16.0. The lowest BCUT2D eigenvalue weighted by molar-refractivity contribution is -0.627. The molecule has 24 heavy (non-hydrogen) atoms. The Morgan fingerprint density at radius 2 is 1.92 bits per heavy atom. The molecule has 0 N–H and O–H groups in total. The van der Waals surface area contributed by atoms with Crippen LogP contribution in [0.15, 0.2) is 58.9 Å². The van der Waals surface area contributed by atoms with E-state index in [1.165, 1.54) is 12.1 Å². The highest BCUT2D eigenvalue weighted by molar-refractivity contribution is 7.21. The first-order chi connectivity index (χ1) is 11.6. The van der Waals surface area contributed by atoms with Crippen LogP contribution in [0.5, 0.6) is 0 Å². The van der Waals surface area contributed by atoms with Crippen LogP contribution in [0.2, 0.25) is 0 Å². The highest BCUT2D eigenvalue weighted by atomic mass is 32.1. The molecule has 0 radical (unpaired) electrons. The Kier molecular flexibility index (Phi) is 4.48. The summed E-state index contributed by atoms with van der Waals surface area (Å²) in [6, 6.07) is 14.4. The number of aromatic nitrogens is 1. The average molecular weight is 342 g/mol. The normalized spacial score (nSPS) is 11.2. The number of rotatable bonds is 5. The predicted molar refractivity (Wildman–Crippen MR) is 93.6 cm³/mol. The van der Waals surface area contributed by atoms with Crippen LogP contribution in [0.3, 0.4) is 0 Å². The van der Waals surface area contributed by atoms with E-state index in [9.17, 15) is 10.1 Å². The lowest BCUT2D eigenvalue weighted by atomic mass is 10.3. The molecule has 0 aliphatic rings. The molecule has 0 atom stereocenters. The number of nitro groups is 1. The molecule has 0 bridgehead atoms. The number of anilines is 1. The third-order valence-corrected chi connectivity index (χ3v) is 4.71. The molecular formula is C16H16N5O2S+. The van der Waals surface area contributed by atoms with Crippen molar-refractivity contribution < 1.29 is 9.49 Å². The lowest BCUT2D eigenvalue weighted by Gasteiger charge is -2.11. The highest BCUT2D eigenvalue weighted by Gasteiger charge is 2.16. The number of nitrogens with zero attached hydrogens (tertiary/aromatic N) is 5. The first-order valence-electron chi connectivity index (χ1n) is 7.41. The molecule has 8 heteroatoms. The van der Waals surface area contributed by atoms with Gasteiger partial charge in [0.25, 0.3) is 5.69 Å². The van der Waals surface area contributed by atoms with Gasteiger partial charge in [-0.15, -0.1) is 0 Å². The van der Waals surface area contributed by atoms with Gasteiger partial charge < -0.3 is 0 Å². The van der Waals surface area contributed by atoms with Gasteiger partial charge in [-0.25, -0.2) is 9.58 Å². The van der Waals surface area contributed by atoms with Gasteiger partial charge in [-0.2, -0.15) is 0 Å². The van der Waals surface area contributed by atoms with Crippen molar-refractivity contribution in [3.8, 4) is 0 Å². The largest absolute Gasteiger partial charge is 0.411 e. The molecule has 0 saturated carbocycles. The Morgan fingerprint density at radius 3 is 2.54 bits per heavy atom. The van der Waals surface area contributed by atoms with E-state index in [1.54, 1.807) is 28.5 Å². The van der Waals surface area contributed by atoms with Crippen LogP contribution in [-0.4, -0.2) is 11.5 Å². The Hall–Kier alpha value is -2.87. The van der Waals surface area contributed by atoms with Crippen LogP contribution in [0.25, 0.3) is 10.2 Å². The molecule has 1 heterocycles. The summed E-state index contributed by atoms with van der Waals surface area (Å²) in [6.07, 6.45) is 0. The third-order valence-electron chi connectivity index (χ3n) is 3.61. The standard InChI is InChI=1S/C16H16N5O2S/c1-3-20(12-8-10-13(11-9-12)21(22)23)18-17-16-19(2)14-6-4-5-7-15(14)24-16/h4-11H,3H2,1-2H3/q+1. The van der Waals surface area contributed by atoms with Crippen LogP contribution in [-0.2, 0) is 7.05 Å². The Bertz CT molecular complexity index is 904. The van der Waals surface area contributed by atoms with Crippen molar-refractivity contribution in [2.75, 3.05) is 11.6 Å². The van der Waals surface area contributed by atoms with Gasteiger partial charge in [0.05, 0.1) is 27.6 Å². The van der Waals surface area contributed by atoms with E-state index < -0.39 is 4.92 Å². The minimum Gasteiger partial charge on any atom is -0.258 e. The maximum atomic E-state index is 10.7. The van der Waals surface area contributed by atoms with Gasteiger partial charge >= 0.3 is 5.13 Å². The highest BCUT2D eigenvalue weighted by Crippen LogP contribution is 2.26. The molecule has 0 amide bonds. The van der Waals surface area contributed by atoms with Crippen LogP contribution in [0, 0.1) is 10.1 Å². The zero-order chi connectivity index (χ0) is 17.1. The van der Waals surface area contributed by atoms with Crippen molar-refractivity contribution in [2.24, 2.45) is 17.4 Å². The van der Waals surface area contributed by atoms with Gasteiger partial charge in [0.15, 0.2) is 0 Å². The monoisotopic (exact) mass is 342 g/mol. The van der Waals surface area contributed by atoms with Gasteiger partial charge in [-0.05, 0) is 42.5 Å². The number of para-hydroxylation sites is 1. The van der Waals surface area contributed by atoms with E-state index in [0.717, 1.165) is 21.0 Å². The molecule has 0 spiro atoms.